The molecule has 418 valence electrons. The van der Waals surface area contributed by atoms with Crippen molar-refractivity contribution < 1.29 is 24.5 Å². The van der Waals surface area contributed by atoms with Crippen LogP contribution in [-0.4, -0.2) is 47.4 Å². The van der Waals surface area contributed by atoms with Gasteiger partial charge in [-0.25, -0.2) is 0 Å². The third-order valence-corrected chi connectivity index (χ3v) is 15.4. The van der Waals surface area contributed by atoms with Crippen LogP contribution in [0.15, 0.2) is 0 Å². The van der Waals surface area contributed by atoms with Gasteiger partial charge >= 0.3 is 5.97 Å². The summed E-state index contributed by atoms with van der Waals surface area (Å²) in [4.78, 5) is 24.5. The van der Waals surface area contributed by atoms with Crippen LogP contribution in [0, 0.1) is 0 Å². The molecule has 70 heavy (non-hydrogen) atoms. The number of amides is 1. The highest BCUT2D eigenvalue weighted by molar-refractivity contribution is 5.76. The lowest BCUT2D eigenvalue weighted by molar-refractivity contribution is -0.143. The van der Waals surface area contributed by atoms with Crippen molar-refractivity contribution in [3.63, 3.8) is 0 Å². The number of aliphatic hydroxyl groups excluding tert-OH is 2. The van der Waals surface area contributed by atoms with Crippen LogP contribution in [0.3, 0.4) is 0 Å². The van der Waals surface area contributed by atoms with Crippen LogP contribution in [0.1, 0.15) is 373 Å². The average Bonchev–Trinajstić information content (AvgIpc) is 3.36. The maximum atomic E-state index is 12.5. The zero-order valence-electron chi connectivity index (χ0n) is 47.8. The molecular formula is C64H127NO5. The Morgan fingerprint density at radius 3 is 0.871 bits per heavy atom. The zero-order valence-corrected chi connectivity index (χ0v) is 47.8. The van der Waals surface area contributed by atoms with Gasteiger partial charge in [-0.2, -0.15) is 0 Å². The summed E-state index contributed by atoms with van der Waals surface area (Å²) in [6.45, 7) is 4.99. The third kappa shape index (κ3) is 56.2. The highest BCUT2D eigenvalue weighted by atomic mass is 16.5. The first kappa shape index (κ1) is 68.9. The number of unbranched alkanes of at least 4 members (excludes halogenated alkanes) is 50. The van der Waals surface area contributed by atoms with E-state index in [1.165, 1.54) is 302 Å². The summed E-state index contributed by atoms with van der Waals surface area (Å²) >= 11 is 0. The highest BCUT2D eigenvalue weighted by Crippen LogP contribution is 2.19. The third-order valence-electron chi connectivity index (χ3n) is 15.4. The van der Waals surface area contributed by atoms with Crippen molar-refractivity contribution in [1.29, 1.82) is 0 Å². The molecule has 0 aromatic heterocycles. The van der Waals surface area contributed by atoms with Gasteiger partial charge < -0.3 is 20.3 Å². The molecule has 0 aliphatic heterocycles. The Labute approximate surface area is 438 Å². The molecule has 0 aromatic carbocycles. The summed E-state index contributed by atoms with van der Waals surface area (Å²) in [6.07, 6.45) is 71.3. The quantitative estimate of drug-likeness (QED) is 0.0417. The Bertz CT molecular complexity index is 1010. The molecule has 1 amide bonds. The van der Waals surface area contributed by atoms with Gasteiger partial charge in [0.05, 0.1) is 25.4 Å². The van der Waals surface area contributed by atoms with Crippen molar-refractivity contribution in [3.05, 3.63) is 0 Å². The minimum absolute atomic E-state index is 0.0198. The van der Waals surface area contributed by atoms with Crippen LogP contribution in [0.5, 0.6) is 0 Å². The van der Waals surface area contributed by atoms with E-state index in [-0.39, 0.29) is 18.5 Å². The molecule has 0 aliphatic carbocycles. The first-order valence-corrected chi connectivity index (χ1v) is 32.3. The SMILES string of the molecule is CCCCCCCCCCCCCCCCC(O)C(CO)NC(=O)CCCCCCCCCCCCCCCCCCCCCCCCCCCCOC(=O)CCCCCCCCCCCCCCC. The Hall–Kier alpha value is -1.14. The van der Waals surface area contributed by atoms with Gasteiger partial charge in [-0.1, -0.05) is 335 Å². The van der Waals surface area contributed by atoms with Crippen molar-refractivity contribution in [3.8, 4) is 0 Å². The molecule has 2 unspecified atom stereocenters. The van der Waals surface area contributed by atoms with Crippen LogP contribution < -0.4 is 5.32 Å². The number of ether oxygens (including phenoxy) is 1. The molecule has 0 aromatic rings. The van der Waals surface area contributed by atoms with Gasteiger partial charge in [-0.15, -0.1) is 0 Å². The summed E-state index contributed by atoms with van der Waals surface area (Å²) in [5.41, 5.74) is 0. The maximum absolute atomic E-state index is 12.5. The van der Waals surface area contributed by atoms with Gasteiger partial charge in [0, 0.05) is 12.8 Å². The number of carbonyl (C=O) groups excluding carboxylic acids is 2. The van der Waals surface area contributed by atoms with Crippen LogP contribution in [0.2, 0.25) is 0 Å². The minimum atomic E-state index is -0.661. The lowest BCUT2D eigenvalue weighted by Gasteiger charge is -2.22. The summed E-state index contributed by atoms with van der Waals surface area (Å²) in [5.74, 6) is -0.0100. The van der Waals surface area contributed by atoms with E-state index in [0.717, 1.165) is 38.5 Å². The summed E-state index contributed by atoms with van der Waals surface area (Å²) in [7, 11) is 0. The first-order chi connectivity index (χ1) is 34.5. The minimum Gasteiger partial charge on any atom is -0.466 e. The molecule has 0 saturated heterocycles. The Kier molecular flexibility index (Phi) is 59.4. The highest BCUT2D eigenvalue weighted by Gasteiger charge is 2.20. The molecule has 0 aliphatic rings. The molecule has 6 heteroatoms. The molecule has 0 saturated carbocycles. The van der Waals surface area contributed by atoms with Crippen molar-refractivity contribution in [2.24, 2.45) is 0 Å². The van der Waals surface area contributed by atoms with Crippen molar-refractivity contribution in [2.75, 3.05) is 13.2 Å². The lowest BCUT2D eigenvalue weighted by Crippen LogP contribution is -2.45. The molecule has 6 nitrogen and oxygen atoms in total. The predicted molar refractivity (Wildman–Crippen MR) is 306 cm³/mol. The molecule has 0 radical (unpaired) electrons. The largest absolute Gasteiger partial charge is 0.466 e. The number of rotatable bonds is 61. The summed E-state index contributed by atoms with van der Waals surface area (Å²) in [6, 6.07) is -0.538. The summed E-state index contributed by atoms with van der Waals surface area (Å²) < 4.78 is 5.49. The number of hydrogen-bond donors (Lipinski definition) is 3. The molecule has 0 heterocycles. The van der Waals surface area contributed by atoms with E-state index in [0.29, 0.717) is 25.9 Å². The fraction of sp³-hybridized carbons (Fsp3) is 0.969. The van der Waals surface area contributed by atoms with Gasteiger partial charge in [0.15, 0.2) is 0 Å². The van der Waals surface area contributed by atoms with Crippen LogP contribution in [-0.2, 0) is 14.3 Å². The molecule has 0 fully saturated rings. The van der Waals surface area contributed by atoms with Crippen molar-refractivity contribution in [1.82, 2.24) is 5.32 Å². The molecule has 0 rings (SSSR count). The fourth-order valence-corrected chi connectivity index (χ4v) is 10.5. The monoisotopic (exact) mass is 990 g/mol. The number of esters is 1. The Morgan fingerprint density at radius 2 is 0.586 bits per heavy atom. The van der Waals surface area contributed by atoms with Crippen LogP contribution >= 0.6 is 0 Å². The van der Waals surface area contributed by atoms with E-state index in [4.69, 9.17) is 4.74 Å². The van der Waals surface area contributed by atoms with Gasteiger partial charge in [-0.05, 0) is 25.7 Å². The van der Waals surface area contributed by atoms with Crippen molar-refractivity contribution >= 4 is 11.9 Å². The first-order valence-electron chi connectivity index (χ1n) is 32.3. The second-order valence-electron chi connectivity index (χ2n) is 22.5. The topological polar surface area (TPSA) is 95.9 Å². The predicted octanol–water partition coefficient (Wildman–Crippen LogP) is 20.3. The average molecular weight is 991 g/mol. The molecule has 0 spiro atoms. The van der Waals surface area contributed by atoms with E-state index in [9.17, 15) is 19.8 Å². The normalized spacial score (nSPS) is 12.5. The second kappa shape index (κ2) is 60.4. The molecule has 3 N–H and O–H groups in total. The smallest absolute Gasteiger partial charge is 0.305 e. The zero-order chi connectivity index (χ0) is 50.7. The van der Waals surface area contributed by atoms with Gasteiger partial charge in [0.1, 0.15) is 0 Å². The molecule has 2 atom stereocenters. The van der Waals surface area contributed by atoms with E-state index in [2.05, 4.69) is 19.2 Å². The van der Waals surface area contributed by atoms with E-state index >= 15 is 0 Å². The van der Waals surface area contributed by atoms with Crippen molar-refractivity contribution in [2.45, 2.75) is 386 Å². The Morgan fingerprint density at radius 1 is 0.343 bits per heavy atom. The molecular weight excluding hydrogens is 863 g/mol. The second-order valence-corrected chi connectivity index (χ2v) is 22.5. The number of aliphatic hydroxyl groups is 2. The van der Waals surface area contributed by atoms with E-state index < -0.39 is 12.1 Å². The van der Waals surface area contributed by atoms with Crippen LogP contribution in [0.4, 0.5) is 0 Å². The Balaban J connectivity index is 3.33. The van der Waals surface area contributed by atoms with Crippen LogP contribution in [0.25, 0.3) is 0 Å². The maximum Gasteiger partial charge on any atom is 0.305 e. The molecule has 0 bridgehead atoms. The standard InChI is InChI=1S/C64H127NO5/c1-3-5-7-9-11-13-15-17-33-36-40-44-48-52-56-62(67)61(60-66)65-63(68)57-53-49-45-41-37-34-30-28-26-24-22-20-18-19-21-23-25-27-29-31-35-39-43-47-51-55-59-70-64(69)58-54-50-46-42-38-32-16-14-12-10-8-6-4-2/h61-62,66-67H,3-60H2,1-2H3,(H,65,68). The summed E-state index contributed by atoms with van der Waals surface area (Å²) in [5, 5.41) is 23.3. The number of hydrogen-bond acceptors (Lipinski definition) is 5. The van der Waals surface area contributed by atoms with E-state index in [1.54, 1.807) is 0 Å². The van der Waals surface area contributed by atoms with Gasteiger partial charge in [0.2, 0.25) is 5.91 Å². The van der Waals surface area contributed by atoms with Gasteiger partial charge in [0.25, 0.3) is 0 Å². The van der Waals surface area contributed by atoms with Gasteiger partial charge in [-0.3, -0.25) is 9.59 Å². The number of carbonyl (C=O) groups is 2. The van der Waals surface area contributed by atoms with E-state index in [1.807, 2.05) is 0 Å². The lowest BCUT2D eigenvalue weighted by atomic mass is 10.0. The fourth-order valence-electron chi connectivity index (χ4n) is 10.5. The number of nitrogens with one attached hydrogen (secondary N) is 1.